The van der Waals surface area contributed by atoms with Gasteiger partial charge < -0.3 is 9.47 Å². The lowest BCUT2D eigenvalue weighted by atomic mass is 10.2. The smallest absolute Gasteiger partial charge is 0.0981 e. The standard InChI is InChI=1S/C7H14INO2/c1-9(5-8)6-3-11-4-7(6)10-2/h6-7H,3-5H2,1-2H3/t6-,7+/m0/s1. The van der Waals surface area contributed by atoms with Crippen LogP contribution in [0, 0.1) is 0 Å². The first-order valence-corrected chi connectivity index (χ1v) is 5.19. The number of ether oxygens (including phenoxy) is 2. The van der Waals surface area contributed by atoms with E-state index in [0.29, 0.717) is 6.04 Å². The molecule has 11 heavy (non-hydrogen) atoms. The number of nitrogens with zero attached hydrogens (tertiary/aromatic N) is 1. The van der Waals surface area contributed by atoms with E-state index < -0.39 is 0 Å². The van der Waals surface area contributed by atoms with Crippen LogP contribution in [-0.4, -0.2) is 49.0 Å². The van der Waals surface area contributed by atoms with Gasteiger partial charge in [-0.15, -0.1) is 0 Å². The predicted molar refractivity (Wildman–Crippen MR) is 52.1 cm³/mol. The Labute approximate surface area is 81.2 Å². The van der Waals surface area contributed by atoms with Crippen LogP contribution in [0.5, 0.6) is 0 Å². The molecule has 1 aliphatic heterocycles. The number of likely N-dealkylation sites (N-methyl/N-ethyl adjacent to an activating group) is 1. The number of hydrogen-bond acceptors (Lipinski definition) is 3. The molecule has 0 N–H and O–H groups in total. The van der Waals surface area contributed by atoms with Crippen molar-refractivity contribution >= 4 is 22.6 Å². The lowest BCUT2D eigenvalue weighted by Gasteiger charge is -2.24. The van der Waals surface area contributed by atoms with Crippen LogP contribution in [0.3, 0.4) is 0 Å². The largest absolute Gasteiger partial charge is 0.377 e. The van der Waals surface area contributed by atoms with Crippen LogP contribution in [0.15, 0.2) is 0 Å². The highest BCUT2D eigenvalue weighted by Gasteiger charge is 2.30. The Morgan fingerprint density at radius 1 is 1.64 bits per heavy atom. The van der Waals surface area contributed by atoms with Gasteiger partial charge in [-0.1, -0.05) is 22.6 Å². The molecule has 1 heterocycles. The average molecular weight is 271 g/mol. The summed E-state index contributed by atoms with van der Waals surface area (Å²) in [6.45, 7) is 1.54. The molecule has 0 saturated carbocycles. The highest BCUT2D eigenvalue weighted by molar-refractivity contribution is 14.1. The Balaban J connectivity index is 2.42. The van der Waals surface area contributed by atoms with Crippen molar-refractivity contribution in [2.24, 2.45) is 0 Å². The van der Waals surface area contributed by atoms with Crippen LogP contribution in [0.4, 0.5) is 0 Å². The van der Waals surface area contributed by atoms with Crippen LogP contribution in [0.2, 0.25) is 0 Å². The molecule has 0 unspecified atom stereocenters. The van der Waals surface area contributed by atoms with Crippen molar-refractivity contribution in [3.63, 3.8) is 0 Å². The molecule has 0 aromatic rings. The highest BCUT2D eigenvalue weighted by Crippen LogP contribution is 2.14. The van der Waals surface area contributed by atoms with Gasteiger partial charge in [0.15, 0.2) is 0 Å². The molecule has 0 amide bonds. The van der Waals surface area contributed by atoms with Crippen LogP contribution in [0.25, 0.3) is 0 Å². The Hall–Kier alpha value is 0.610. The van der Waals surface area contributed by atoms with E-state index in [1.807, 2.05) is 0 Å². The summed E-state index contributed by atoms with van der Waals surface area (Å²) in [4.78, 5) is 2.25. The van der Waals surface area contributed by atoms with Crippen molar-refractivity contribution in [3.05, 3.63) is 0 Å². The summed E-state index contributed by atoms with van der Waals surface area (Å²) in [5, 5.41) is 0. The molecule has 1 rings (SSSR count). The first kappa shape index (κ1) is 9.70. The molecular formula is C7H14INO2. The second-order valence-corrected chi connectivity index (χ2v) is 3.44. The Morgan fingerprint density at radius 3 is 2.91 bits per heavy atom. The number of methoxy groups -OCH3 is 1. The summed E-state index contributed by atoms with van der Waals surface area (Å²) in [7, 11) is 3.84. The van der Waals surface area contributed by atoms with Crippen LogP contribution in [0.1, 0.15) is 0 Å². The molecule has 0 spiro atoms. The maximum atomic E-state index is 5.31. The maximum absolute atomic E-state index is 5.31. The van der Waals surface area contributed by atoms with E-state index in [1.165, 1.54) is 0 Å². The van der Waals surface area contributed by atoms with Crippen molar-refractivity contribution in [3.8, 4) is 0 Å². The Bertz CT molecular complexity index is 123. The number of halogens is 1. The summed E-state index contributed by atoms with van der Waals surface area (Å²) in [5.74, 6) is 0. The van der Waals surface area contributed by atoms with Crippen LogP contribution < -0.4 is 0 Å². The fraction of sp³-hybridized carbons (Fsp3) is 1.00. The molecule has 66 valence electrons. The normalized spacial score (nSPS) is 31.6. The second-order valence-electron chi connectivity index (χ2n) is 2.76. The van der Waals surface area contributed by atoms with Gasteiger partial charge in [-0.3, -0.25) is 4.90 Å². The third-order valence-electron chi connectivity index (χ3n) is 2.06. The SMILES string of the molecule is CO[C@@H]1COC[C@@H]1N(C)CI. The van der Waals surface area contributed by atoms with E-state index in [9.17, 15) is 0 Å². The van der Waals surface area contributed by atoms with E-state index in [-0.39, 0.29) is 6.10 Å². The molecule has 2 atom stereocenters. The summed E-state index contributed by atoms with van der Waals surface area (Å²) in [6, 6.07) is 0.442. The van der Waals surface area contributed by atoms with Gasteiger partial charge in [-0.05, 0) is 7.05 Å². The van der Waals surface area contributed by atoms with Crippen LogP contribution >= 0.6 is 22.6 Å². The molecule has 1 aliphatic rings. The quantitative estimate of drug-likeness (QED) is 0.429. The summed E-state index contributed by atoms with van der Waals surface area (Å²) < 4.78 is 11.6. The van der Waals surface area contributed by atoms with Crippen molar-refractivity contribution in [2.75, 3.05) is 31.9 Å². The Kier molecular flexibility index (Phi) is 4.05. The number of rotatable bonds is 3. The van der Waals surface area contributed by atoms with Gasteiger partial charge in [0.2, 0.25) is 0 Å². The summed E-state index contributed by atoms with van der Waals surface area (Å²) in [5.41, 5.74) is 0. The predicted octanol–water partition coefficient (Wildman–Crippen LogP) is 0.725. The van der Waals surface area contributed by atoms with E-state index in [0.717, 1.165) is 17.8 Å². The molecule has 0 bridgehead atoms. The van der Waals surface area contributed by atoms with Gasteiger partial charge in [0.05, 0.1) is 29.9 Å². The molecular weight excluding hydrogens is 257 g/mol. The van der Waals surface area contributed by atoms with E-state index in [2.05, 4.69) is 34.5 Å². The molecule has 0 aromatic heterocycles. The maximum Gasteiger partial charge on any atom is 0.0981 e. The fourth-order valence-corrected chi connectivity index (χ4v) is 1.75. The van der Waals surface area contributed by atoms with Gasteiger partial charge in [0.1, 0.15) is 0 Å². The minimum Gasteiger partial charge on any atom is -0.377 e. The second kappa shape index (κ2) is 4.59. The average Bonchev–Trinajstić information content (AvgIpc) is 2.50. The third-order valence-corrected chi connectivity index (χ3v) is 3.13. The van der Waals surface area contributed by atoms with Crippen molar-refractivity contribution in [1.29, 1.82) is 0 Å². The van der Waals surface area contributed by atoms with Crippen molar-refractivity contribution in [1.82, 2.24) is 4.90 Å². The molecule has 4 heteroatoms. The zero-order valence-corrected chi connectivity index (χ0v) is 9.08. The first-order valence-electron chi connectivity index (χ1n) is 3.66. The van der Waals surface area contributed by atoms with E-state index in [4.69, 9.17) is 9.47 Å². The van der Waals surface area contributed by atoms with Gasteiger partial charge in [-0.2, -0.15) is 0 Å². The fourth-order valence-electron chi connectivity index (χ4n) is 1.25. The first-order chi connectivity index (χ1) is 5.29. The zero-order valence-electron chi connectivity index (χ0n) is 6.92. The third kappa shape index (κ3) is 2.27. The minimum atomic E-state index is 0.259. The molecule has 1 fully saturated rings. The van der Waals surface area contributed by atoms with Gasteiger partial charge in [-0.25, -0.2) is 0 Å². The topological polar surface area (TPSA) is 21.7 Å². The molecule has 0 aromatic carbocycles. The lowest BCUT2D eigenvalue weighted by Crippen LogP contribution is -2.40. The summed E-state index contributed by atoms with van der Waals surface area (Å²) >= 11 is 2.34. The van der Waals surface area contributed by atoms with Crippen molar-refractivity contribution in [2.45, 2.75) is 12.1 Å². The van der Waals surface area contributed by atoms with E-state index in [1.54, 1.807) is 7.11 Å². The molecule has 3 nitrogen and oxygen atoms in total. The van der Waals surface area contributed by atoms with Gasteiger partial charge in [0, 0.05) is 7.11 Å². The molecule has 0 aliphatic carbocycles. The monoisotopic (exact) mass is 271 g/mol. The van der Waals surface area contributed by atoms with Crippen LogP contribution in [-0.2, 0) is 9.47 Å². The summed E-state index contributed by atoms with van der Waals surface area (Å²) in [6.07, 6.45) is 0.259. The van der Waals surface area contributed by atoms with Gasteiger partial charge >= 0.3 is 0 Å². The van der Waals surface area contributed by atoms with Crippen molar-refractivity contribution < 1.29 is 9.47 Å². The van der Waals surface area contributed by atoms with E-state index >= 15 is 0 Å². The number of hydrogen-bond donors (Lipinski definition) is 0. The zero-order chi connectivity index (χ0) is 8.27. The highest BCUT2D eigenvalue weighted by atomic mass is 127. The molecule has 1 saturated heterocycles. The van der Waals surface area contributed by atoms with Gasteiger partial charge in [0.25, 0.3) is 0 Å². The molecule has 0 radical (unpaired) electrons. The Morgan fingerprint density at radius 2 is 2.36 bits per heavy atom. The lowest BCUT2D eigenvalue weighted by molar-refractivity contribution is 0.0546. The number of alkyl halides is 1. The minimum absolute atomic E-state index is 0.259.